The van der Waals surface area contributed by atoms with E-state index < -0.39 is 0 Å². The zero-order chi connectivity index (χ0) is 11.4. The van der Waals surface area contributed by atoms with Gasteiger partial charge in [0.05, 0.1) is 22.5 Å². The maximum atomic E-state index is 6.13. The van der Waals surface area contributed by atoms with Gasteiger partial charge in [0.2, 0.25) is 0 Å². The second kappa shape index (κ2) is 5.52. The van der Waals surface area contributed by atoms with E-state index in [9.17, 15) is 0 Å². The second-order valence-electron chi connectivity index (χ2n) is 3.80. The minimum atomic E-state index is 0.399. The third kappa shape index (κ3) is 2.73. The molecule has 15 heavy (non-hydrogen) atoms. The lowest BCUT2D eigenvalue weighted by atomic mass is 10.2. The van der Waals surface area contributed by atoms with E-state index in [0.29, 0.717) is 6.04 Å². The van der Waals surface area contributed by atoms with E-state index in [1.54, 1.807) is 0 Å². The lowest BCUT2D eigenvalue weighted by Crippen LogP contribution is -2.26. The predicted octanol–water partition coefficient (Wildman–Crippen LogP) is 2.71. The molecule has 0 bridgehead atoms. The molecule has 0 fully saturated rings. The molecule has 1 N–H and O–H groups in total. The first-order valence-electron chi connectivity index (χ1n) is 5.53. The summed E-state index contributed by atoms with van der Waals surface area (Å²) in [6, 6.07) is 0.399. The van der Waals surface area contributed by atoms with E-state index >= 15 is 0 Å². The molecule has 86 valence electrons. The van der Waals surface area contributed by atoms with Gasteiger partial charge in [-0.2, -0.15) is 5.10 Å². The van der Waals surface area contributed by atoms with Gasteiger partial charge in [-0.3, -0.25) is 4.68 Å². The molecule has 1 aromatic rings. The number of likely N-dealkylation sites (N-methyl/N-ethyl adjacent to an activating group) is 1. The van der Waals surface area contributed by atoms with E-state index in [1.165, 1.54) is 0 Å². The maximum absolute atomic E-state index is 6.13. The Morgan fingerprint density at radius 3 is 2.47 bits per heavy atom. The average molecular weight is 230 g/mol. The number of hydrogen-bond donors (Lipinski definition) is 1. The first-order chi connectivity index (χ1) is 7.11. The fourth-order valence-electron chi connectivity index (χ4n) is 1.71. The highest BCUT2D eigenvalue weighted by Gasteiger charge is 2.15. The van der Waals surface area contributed by atoms with E-state index in [2.05, 4.69) is 24.3 Å². The lowest BCUT2D eigenvalue weighted by Gasteiger charge is -2.17. The molecule has 1 aromatic heterocycles. The van der Waals surface area contributed by atoms with Crippen LogP contribution in [0.1, 0.15) is 37.7 Å². The number of nitrogens with one attached hydrogen (secondary N) is 1. The fraction of sp³-hybridized carbons (Fsp3) is 0.727. The second-order valence-corrected chi connectivity index (χ2v) is 4.18. The number of aromatic nitrogens is 2. The quantitative estimate of drug-likeness (QED) is 0.842. The van der Waals surface area contributed by atoms with E-state index in [-0.39, 0.29) is 0 Å². The van der Waals surface area contributed by atoms with Crippen molar-refractivity contribution in [2.75, 3.05) is 13.1 Å². The summed E-state index contributed by atoms with van der Waals surface area (Å²) in [7, 11) is 0. The summed E-state index contributed by atoms with van der Waals surface area (Å²) >= 11 is 6.13. The van der Waals surface area contributed by atoms with Crippen LogP contribution in [0.25, 0.3) is 0 Å². The van der Waals surface area contributed by atoms with Crippen molar-refractivity contribution < 1.29 is 0 Å². The van der Waals surface area contributed by atoms with Crippen molar-refractivity contribution in [3.63, 3.8) is 0 Å². The smallest absolute Gasteiger partial charge is 0.0844 e. The number of aryl methyl sites for hydroxylation is 1. The van der Waals surface area contributed by atoms with Gasteiger partial charge < -0.3 is 5.32 Å². The van der Waals surface area contributed by atoms with Crippen molar-refractivity contribution in [2.45, 2.75) is 40.2 Å². The molecule has 0 aliphatic heterocycles. The summed E-state index contributed by atoms with van der Waals surface area (Å²) in [5.74, 6) is 0. The number of nitrogens with zero attached hydrogens (tertiary/aromatic N) is 2. The third-order valence-electron chi connectivity index (χ3n) is 2.68. The van der Waals surface area contributed by atoms with Crippen LogP contribution in [0.15, 0.2) is 0 Å². The van der Waals surface area contributed by atoms with Crippen molar-refractivity contribution in [3.05, 3.63) is 16.4 Å². The highest BCUT2D eigenvalue weighted by Crippen LogP contribution is 2.23. The summed E-state index contributed by atoms with van der Waals surface area (Å²) < 4.78 is 2.04. The molecular weight excluding hydrogens is 210 g/mol. The van der Waals surface area contributed by atoms with Crippen molar-refractivity contribution in [2.24, 2.45) is 0 Å². The number of halogens is 1. The molecule has 0 aliphatic rings. The third-order valence-corrected chi connectivity index (χ3v) is 3.23. The van der Waals surface area contributed by atoms with Crippen LogP contribution >= 0.6 is 11.6 Å². The molecule has 1 unspecified atom stereocenters. The van der Waals surface area contributed by atoms with E-state index in [4.69, 9.17) is 11.6 Å². The zero-order valence-corrected chi connectivity index (χ0v) is 10.7. The van der Waals surface area contributed by atoms with Gasteiger partial charge in [0.1, 0.15) is 0 Å². The molecule has 1 rings (SSSR count). The summed E-state index contributed by atoms with van der Waals surface area (Å²) in [4.78, 5) is 0. The van der Waals surface area contributed by atoms with Gasteiger partial charge in [-0.05, 0) is 26.8 Å². The van der Waals surface area contributed by atoms with E-state index in [1.807, 2.05) is 18.5 Å². The Hall–Kier alpha value is -0.540. The fourth-order valence-corrected chi connectivity index (χ4v) is 1.84. The molecule has 1 heterocycles. The highest BCUT2D eigenvalue weighted by atomic mass is 35.5. The van der Waals surface area contributed by atoms with Gasteiger partial charge in [-0.25, -0.2) is 0 Å². The summed E-state index contributed by atoms with van der Waals surface area (Å²) in [6.07, 6.45) is 1.06. The largest absolute Gasteiger partial charge is 0.315 e. The Balaban J connectivity index is 2.86. The van der Waals surface area contributed by atoms with Crippen LogP contribution < -0.4 is 5.32 Å². The van der Waals surface area contributed by atoms with Crippen LogP contribution in [-0.2, 0) is 0 Å². The maximum Gasteiger partial charge on any atom is 0.0844 e. The minimum Gasteiger partial charge on any atom is -0.315 e. The first-order valence-corrected chi connectivity index (χ1v) is 5.91. The van der Waals surface area contributed by atoms with Crippen LogP contribution in [0, 0.1) is 13.8 Å². The summed E-state index contributed by atoms with van der Waals surface area (Å²) in [5.41, 5.74) is 1.99. The van der Waals surface area contributed by atoms with Crippen LogP contribution in [0.5, 0.6) is 0 Å². The minimum absolute atomic E-state index is 0.399. The van der Waals surface area contributed by atoms with Gasteiger partial charge in [0.15, 0.2) is 0 Å². The average Bonchev–Trinajstić information content (AvgIpc) is 2.48. The highest BCUT2D eigenvalue weighted by molar-refractivity contribution is 6.31. The van der Waals surface area contributed by atoms with Gasteiger partial charge in [0, 0.05) is 6.54 Å². The van der Waals surface area contributed by atoms with Crippen LogP contribution in [0.3, 0.4) is 0 Å². The molecule has 0 spiro atoms. The van der Waals surface area contributed by atoms with Crippen molar-refractivity contribution in [1.82, 2.24) is 15.1 Å². The molecule has 0 aliphatic carbocycles. The van der Waals surface area contributed by atoms with Crippen molar-refractivity contribution in [1.29, 1.82) is 0 Å². The molecule has 1 atom stereocenters. The Bertz CT molecular complexity index is 320. The van der Waals surface area contributed by atoms with Gasteiger partial charge in [-0.15, -0.1) is 0 Å². The normalized spacial score (nSPS) is 13.1. The number of rotatable bonds is 5. The Labute approximate surface area is 96.8 Å². The SMILES string of the molecule is CCNCC(CC)n1nc(C)c(Cl)c1C. The van der Waals surface area contributed by atoms with Crippen LogP contribution in [0.2, 0.25) is 5.02 Å². The standard InChI is InChI=1S/C11H20ClN3/c1-5-10(7-13-6-2)15-9(4)11(12)8(3)14-15/h10,13H,5-7H2,1-4H3. The van der Waals surface area contributed by atoms with Crippen LogP contribution in [0.4, 0.5) is 0 Å². The lowest BCUT2D eigenvalue weighted by molar-refractivity contribution is 0.407. The van der Waals surface area contributed by atoms with E-state index in [0.717, 1.165) is 35.9 Å². The summed E-state index contributed by atoms with van der Waals surface area (Å²) in [6.45, 7) is 10.2. The number of hydrogen-bond acceptors (Lipinski definition) is 2. The van der Waals surface area contributed by atoms with Crippen LogP contribution in [-0.4, -0.2) is 22.9 Å². The molecule has 4 heteroatoms. The molecule has 0 amide bonds. The van der Waals surface area contributed by atoms with Gasteiger partial charge in [-0.1, -0.05) is 25.4 Å². The molecule has 0 saturated carbocycles. The molecule has 0 saturated heterocycles. The predicted molar refractivity (Wildman–Crippen MR) is 64.6 cm³/mol. The zero-order valence-electron chi connectivity index (χ0n) is 9.97. The monoisotopic (exact) mass is 229 g/mol. The molecule has 3 nitrogen and oxygen atoms in total. The van der Waals surface area contributed by atoms with Crippen molar-refractivity contribution in [3.8, 4) is 0 Å². The molecule has 0 aromatic carbocycles. The Morgan fingerprint density at radius 2 is 2.07 bits per heavy atom. The Kier molecular flexibility index (Phi) is 4.61. The summed E-state index contributed by atoms with van der Waals surface area (Å²) in [5, 5.41) is 8.62. The molecule has 0 radical (unpaired) electrons. The van der Waals surface area contributed by atoms with Gasteiger partial charge in [0.25, 0.3) is 0 Å². The topological polar surface area (TPSA) is 29.9 Å². The Morgan fingerprint density at radius 1 is 1.40 bits per heavy atom. The van der Waals surface area contributed by atoms with Crippen molar-refractivity contribution >= 4 is 11.6 Å². The molecular formula is C11H20ClN3. The van der Waals surface area contributed by atoms with Gasteiger partial charge >= 0.3 is 0 Å². The first kappa shape index (κ1) is 12.5.